The van der Waals surface area contributed by atoms with Crippen molar-refractivity contribution in [2.24, 2.45) is 0 Å². The summed E-state index contributed by atoms with van der Waals surface area (Å²) in [6.45, 7) is 3.74. The highest BCUT2D eigenvalue weighted by Gasteiger charge is 2.34. The fourth-order valence-corrected chi connectivity index (χ4v) is 3.00. The summed E-state index contributed by atoms with van der Waals surface area (Å²) in [6, 6.07) is 4.96. The van der Waals surface area contributed by atoms with Gasteiger partial charge in [-0.3, -0.25) is 10.1 Å². The van der Waals surface area contributed by atoms with E-state index in [4.69, 9.17) is 9.47 Å². The number of ether oxygens (including phenoxy) is 3. The van der Waals surface area contributed by atoms with E-state index in [9.17, 15) is 23.3 Å². The number of aryl methyl sites for hydroxylation is 1. The van der Waals surface area contributed by atoms with Gasteiger partial charge in [-0.15, -0.1) is 13.2 Å². The Morgan fingerprint density at radius 1 is 1.37 bits per heavy atom. The number of hydrogen-bond donors (Lipinski definition) is 1. The van der Waals surface area contributed by atoms with Crippen LogP contribution in [-0.4, -0.2) is 36.0 Å². The van der Waals surface area contributed by atoms with Gasteiger partial charge in [0.05, 0.1) is 16.0 Å². The van der Waals surface area contributed by atoms with Gasteiger partial charge in [-0.25, -0.2) is 4.98 Å². The number of aromatic nitrogens is 1. The lowest BCUT2D eigenvalue weighted by atomic mass is 10.2. The van der Waals surface area contributed by atoms with E-state index >= 15 is 0 Å². The van der Waals surface area contributed by atoms with Gasteiger partial charge >= 0.3 is 17.9 Å². The van der Waals surface area contributed by atoms with E-state index in [1.807, 2.05) is 6.92 Å². The van der Waals surface area contributed by atoms with Gasteiger partial charge < -0.3 is 19.5 Å². The predicted octanol–water partition coefficient (Wildman–Crippen LogP) is 5.59. The number of nitrogens with one attached hydrogen (secondary N) is 1. The Morgan fingerprint density at radius 2 is 2.07 bits per heavy atom. The molecule has 1 N–H and O–H groups in total. The Balaban J connectivity index is 2.54. The Labute approximate surface area is 178 Å². The zero-order chi connectivity index (χ0) is 22.5. The molecule has 1 unspecified atom stereocenters. The molecule has 0 spiro atoms. The Morgan fingerprint density at radius 3 is 2.63 bits per heavy atom. The first kappa shape index (κ1) is 23.7. The molecule has 1 aromatic carbocycles. The summed E-state index contributed by atoms with van der Waals surface area (Å²) in [6.07, 6.45) is -4.37. The number of nitrogens with zero attached hydrogens (tertiary/aromatic N) is 2. The zero-order valence-corrected chi connectivity index (χ0v) is 17.8. The van der Waals surface area contributed by atoms with E-state index in [-0.39, 0.29) is 16.2 Å². The number of alkyl halides is 3. The molecule has 0 saturated heterocycles. The number of para-hydroxylation sites is 1. The van der Waals surface area contributed by atoms with Crippen molar-refractivity contribution in [3.63, 3.8) is 0 Å². The van der Waals surface area contributed by atoms with Crippen LogP contribution in [0.4, 0.5) is 24.5 Å². The number of benzene rings is 1. The molecular formula is C18H19BrF3N3O5. The largest absolute Gasteiger partial charge is 0.573 e. The summed E-state index contributed by atoms with van der Waals surface area (Å²) in [5.74, 6) is -1.55. The predicted molar refractivity (Wildman–Crippen MR) is 106 cm³/mol. The van der Waals surface area contributed by atoms with Crippen molar-refractivity contribution >= 4 is 27.3 Å². The molecule has 1 aromatic heterocycles. The highest BCUT2D eigenvalue weighted by atomic mass is 79.9. The minimum absolute atomic E-state index is 0.0992. The molecule has 8 nitrogen and oxygen atoms in total. The Hall–Kier alpha value is -2.60. The molecule has 1 heterocycles. The monoisotopic (exact) mass is 493 g/mol. The first-order valence-corrected chi connectivity index (χ1v) is 9.48. The molecule has 0 amide bonds. The van der Waals surface area contributed by atoms with Crippen LogP contribution >= 0.6 is 15.9 Å². The molecule has 0 saturated carbocycles. The van der Waals surface area contributed by atoms with Crippen molar-refractivity contribution in [3.8, 4) is 17.4 Å². The molecule has 2 rings (SSSR count). The molecule has 164 valence electrons. The molecule has 0 radical (unpaired) electrons. The quantitative estimate of drug-likeness (QED) is 0.359. The van der Waals surface area contributed by atoms with Crippen LogP contribution in [0.25, 0.3) is 0 Å². The molecule has 2 aromatic rings. The minimum atomic E-state index is -4.98. The van der Waals surface area contributed by atoms with E-state index < -0.39 is 34.4 Å². The summed E-state index contributed by atoms with van der Waals surface area (Å²) >= 11 is 3.08. The molecule has 0 aliphatic heterocycles. The Kier molecular flexibility index (Phi) is 7.84. The smallest absolute Gasteiger partial charge is 0.428 e. The van der Waals surface area contributed by atoms with Crippen molar-refractivity contribution in [1.29, 1.82) is 0 Å². The SMILES string of the molecule is CCC(COC)Nc1cc(C)nc(Oc2c(Br)cccc2OC(F)(F)F)c1[N+](=O)[O-]. The highest BCUT2D eigenvalue weighted by Crippen LogP contribution is 2.44. The number of halogens is 4. The standard InChI is InChI=1S/C18H19BrF3N3O5/c1-4-11(9-28-3)24-13-8-10(2)23-17(15(13)25(26)27)29-16-12(19)6-5-7-14(16)30-18(20,21)22/h5-8,11H,4,9H2,1-3H3,(H,23,24). The topological polar surface area (TPSA) is 95.8 Å². The van der Waals surface area contributed by atoms with Gasteiger partial charge in [0, 0.05) is 18.8 Å². The van der Waals surface area contributed by atoms with E-state index in [1.165, 1.54) is 25.3 Å². The second-order valence-electron chi connectivity index (χ2n) is 6.14. The summed E-state index contributed by atoms with van der Waals surface area (Å²) in [5.41, 5.74) is -0.0590. The molecule has 1 atom stereocenters. The van der Waals surface area contributed by atoms with Crippen molar-refractivity contribution in [2.75, 3.05) is 19.0 Å². The van der Waals surface area contributed by atoms with E-state index in [2.05, 4.69) is 31.0 Å². The zero-order valence-electron chi connectivity index (χ0n) is 16.2. The average molecular weight is 494 g/mol. The molecule has 30 heavy (non-hydrogen) atoms. The lowest BCUT2D eigenvalue weighted by Gasteiger charge is -2.19. The molecular weight excluding hydrogens is 475 g/mol. The van der Waals surface area contributed by atoms with Gasteiger partial charge in [-0.05, 0) is 47.5 Å². The number of anilines is 1. The fraction of sp³-hybridized carbons (Fsp3) is 0.389. The second kappa shape index (κ2) is 9.94. The van der Waals surface area contributed by atoms with Gasteiger partial charge in [-0.2, -0.15) is 0 Å². The first-order chi connectivity index (χ1) is 14.1. The normalized spacial score (nSPS) is 12.4. The second-order valence-corrected chi connectivity index (χ2v) is 7.00. The fourth-order valence-electron chi connectivity index (χ4n) is 2.57. The van der Waals surface area contributed by atoms with Crippen LogP contribution < -0.4 is 14.8 Å². The van der Waals surface area contributed by atoms with Gasteiger partial charge in [0.2, 0.25) is 0 Å². The van der Waals surface area contributed by atoms with E-state index in [1.54, 1.807) is 6.92 Å². The third-order valence-electron chi connectivity index (χ3n) is 3.85. The van der Waals surface area contributed by atoms with Crippen LogP contribution in [-0.2, 0) is 4.74 Å². The Bertz CT molecular complexity index is 911. The first-order valence-electron chi connectivity index (χ1n) is 8.69. The molecule has 0 aliphatic rings. The maximum Gasteiger partial charge on any atom is 0.573 e. The maximum absolute atomic E-state index is 12.7. The third-order valence-corrected chi connectivity index (χ3v) is 4.47. The van der Waals surface area contributed by atoms with E-state index in [0.717, 1.165) is 6.07 Å². The van der Waals surface area contributed by atoms with Gasteiger partial charge in [-0.1, -0.05) is 13.0 Å². The molecule has 12 heteroatoms. The van der Waals surface area contributed by atoms with Crippen LogP contribution in [0, 0.1) is 17.0 Å². The van der Waals surface area contributed by atoms with Gasteiger partial charge in [0.15, 0.2) is 11.5 Å². The van der Waals surface area contributed by atoms with Crippen LogP contribution in [0.2, 0.25) is 0 Å². The van der Waals surface area contributed by atoms with Crippen LogP contribution in [0.1, 0.15) is 19.0 Å². The summed E-state index contributed by atoms with van der Waals surface area (Å²) in [5, 5.41) is 14.8. The number of methoxy groups -OCH3 is 1. The van der Waals surface area contributed by atoms with Crippen molar-refractivity contribution < 1.29 is 32.3 Å². The van der Waals surface area contributed by atoms with Crippen molar-refractivity contribution in [2.45, 2.75) is 32.7 Å². The van der Waals surface area contributed by atoms with E-state index in [0.29, 0.717) is 18.7 Å². The number of pyridine rings is 1. The number of hydrogen-bond acceptors (Lipinski definition) is 7. The third kappa shape index (κ3) is 6.20. The van der Waals surface area contributed by atoms with Crippen LogP contribution in [0.3, 0.4) is 0 Å². The highest BCUT2D eigenvalue weighted by molar-refractivity contribution is 9.10. The minimum Gasteiger partial charge on any atom is -0.428 e. The van der Waals surface area contributed by atoms with Gasteiger partial charge in [0.25, 0.3) is 0 Å². The molecule has 0 bridgehead atoms. The summed E-state index contributed by atoms with van der Waals surface area (Å²) in [4.78, 5) is 15.1. The summed E-state index contributed by atoms with van der Waals surface area (Å²) in [7, 11) is 1.50. The maximum atomic E-state index is 12.7. The van der Waals surface area contributed by atoms with Crippen molar-refractivity contribution in [3.05, 3.63) is 44.5 Å². The number of nitro groups is 1. The van der Waals surface area contributed by atoms with Crippen molar-refractivity contribution in [1.82, 2.24) is 4.98 Å². The molecule has 0 fully saturated rings. The summed E-state index contributed by atoms with van der Waals surface area (Å²) < 4.78 is 52.9. The number of rotatable bonds is 9. The average Bonchev–Trinajstić information content (AvgIpc) is 2.62. The lowest BCUT2D eigenvalue weighted by molar-refractivity contribution is -0.385. The molecule has 0 aliphatic carbocycles. The van der Waals surface area contributed by atoms with Crippen LogP contribution in [0.15, 0.2) is 28.7 Å². The lowest BCUT2D eigenvalue weighted by Crippen LogP contribution is -2.24. The van der Waals surface area contributed by atoms with Crippen LogP contribution in [0.5, 0.6) is 17.4 Å². The van der Waals surface area contributed by atoms with Gasteiger partial charge in [0.1, 0.15) is 5.69 Å².